The first kappa shape index (κ1) is 13.1. The Labute approximate surface area is 115 Å². The lowest BCUT2D eigenvalue weighted by molar-refractivity contribution is 1.16. The molecule has 6 nitrogen and oxygen atoms in total. The lowest BCUT2D eigenvalue weighted by Gasteiger charge is -2.11. The second-order valence-corrected chi connectivity index (χ2v) is 4.35. The zero-order chi connectivity index (χ0) is 14.0. The summed E-state index contributed by atoms with van der Waals surface area (Å²) in [6.45, 7) is 1.72. The molecular formula is C12H13ClN6. The van der Waals surface area contributed by atoms with Gasteiger partial charge in [-0.25, -0.2) is 4.98 Å². The second-order valence-electron chi connectivity index (χ2n) is 3.91. The van der Waals surface area contributed by atoms with Crippen molar-refractivity contribution in [2.75, 3.05) is 11.5 Å². The van der Waals surface area contributed by atoms with Crippen LogP contribution in [-0.2, 0) is 0 Å². The lowest BCUT2D eigenvalue weighted by Crippen LogP contribution is -2.11. The number of hydrogen-bond acceptors (Lipinski definition) is 6. The number of hydrogen-bond donors (Lipinski definition) is 3. The van der Waals surface area contributed by atoms with Gasteiger partial charge in [-0.05, 0) is 24.6 Å². The number of anilines is 2. The van der Waals surface area contributed by atoms with Crippen molar-refractivity contribution in [2.45, 2.75) is 6.92 Å². The molecule has 0 unspecified atom stereocenters. The van der Waals surface area contributed by atoms with E-state index in [0.29, 0.717) is 22.0 Å². The molecule has 0 aliphatic heterocycles. The van der Waals surface area contributed by atoms with Crippen LogP contribution in [0.5, 0.6) is 0 Å². The third-order valence-electron chi connectivity index (χ3n) is 2.62. The van der Waals surface area contributed by atoms with Gasteiger partial charge in [-0.2, -0.15) is 10.1 Å². The Morgan fingerprint density at radius 3 is 2.37 bits per heavy atom. The predicted molar refractivity (Wildman–Crippen MR) is 77.7 cm³/mol. The van der Waals surface area contributed by atoms with Crippen LogP contribution in [0.2, 0.25) is 5.02 Å². The molecule has 2 rings (SSSR count). The third kappa shape index (κ3) is 2.58. The highest BCUT2D eigenvalue weighted by Crippen LogP contribution is 2.29. The Balaban J connectivity index is 2.71. The van der Waals surface area contributed by atoms with Crippen molar-refractivity contribution in [2.24, 2.45) is 10.9 Å². The van der Waals surface area contributed by atoms with Crippen molar-refractivity contribution < 1.29 is 0 Å². The highest BCUT2D eigenvalue weighted by Gasteiger charge is 2.15. The summed E-state index contributed by atoms with van der Waals surface area (Å²) in [5.41, 5.74) is 14.0. The largest absolute Gasteiger partial charge is 0.383 e. The van der Waals surface area contributed by atoms with E-state index in [1.54, 1.807) is 19.1 Å². The van der Waals surface area contributed by atoms with E-state index in [-0.39, 0.29) is 11.8 Å². The van der Waals surface area contributed by atoms with Gasteiger partial charge < -0.3 is 17.3 Å². The number of halogens is 1. The topological polar surface area (TPSA) is 116 Å². The van der Waals surface area contributed by atoms with Gasteiger partial charge in [0.15, 0.2) is 0 Å². The van der Waals surface area contributed by atoms with Crippen LogP contribution in [0.4, 0.5) is 11.8 Å². The molecule has 0 fully saturated rings. The molecule has 19 heavy (non-hydrogen) atoms. The molecule has 0 saturated carbocycles. The van der Waals surface area contributed by atoms with Crippen LogP contribution in [-0.4, -0.2) is 15.7 Å². The Kier molecular flexibility index (Phi) is 3.52. The van der Waals surface area contributed by atoms with Gasteiger partial charge in [-0.3, -0.25) is 0 Å². The zero-order valence-corrected chi connectivity index (χ0v) is 11.0. The van der Waals surface area contributed by atoms with Gasteiger partial charge in [0, 0.05) is 5.02 Å². The molecule has 1 heterocycles. The maximum atomic E-state index is 5.92. The van der Waals surface area contributed by atoms with Gasteiger partial charge in [-0.1, -0.05) is 23.7 Å². The minimum Gasteiger partial charge on any atom is -0.383 e. The molecule has 1 aromatic heterocycles. The van der Waals surface area contributed by atoms with Gasteiger partial charge in [0.25, 0.3) is 0 Å². The van der Waals surface area contributed by atoms with Gasteiger partial charge in [0.05, 0.1) is 11.3 Å². The Morgan fingerprint density at radius 2 is 1.79 bits per heavy atom. The van der Waals surface area contributed by atoms with Crippen LogP contribution >= 0.6 is 11.6 Å². The maximum absolute atomic E-state index is 5.92. The summed E-state index contributed by atoms with van der Waals surface area (Å²) < 4.78 is 0. The fourth-order valence-electron chi connectivity index (χ4n) is 1.72. The number of nitrogens with zero attached hydrogens (tertiary/aromatic N) is 3. The van der Waals surface area contributed by atoms with Crippen LogP contribution in [0, 0.1) is 0 Å². The highest BCUT2D eigenvalue weighted by atomic mass is 35.5. The highest BCUT2D eigenvalue weighted by molar-refractivity contribution is 6.30. The summed E-state index contributed by atoms with van der Waals surface area (Å²) in [6.07, 6.45) is 0. The SMILES string of the molecule is C/C(=N/N)c1nc(N)nc(N)c1-c1ccc(Cl)cc1. The smallest absolute Gasteiger partial charge is 0.222 e. The molecule has 0 radical (unpaired) electrons. The zero-order valence-electron chi connectivity index (χ0n) is 10.3. The molecule has 0 amide bonds. The molecule has 0 spiro atoms. The van der Waals surface area contributed by atoms with Gasteiger partial charge in [0.2, 0.25) is 5.95 Å². The molecule has 7 heteroatoms. The van der Waals surface area contributed by atoms with Crippen LogP contribution in [0.15, 0.2) is 29.4 Å². The van der Waals surface area contributed by atoms with Crippen molar-refractivity contribution in [3.05, 3.63) is 35.0 Å². The Hall–Kier alpha value is -2.34. The van der Waals surface area contributed by atoms with Crippen molar-refractivity contribution in [1.29, 1.82) is 0 Å². The van der Waals surface area contributed by atoms with Crippen LogP contribution < -0.4 is 17.3 Å². The number of hydrazone groups is 1. The standard InChI is InChI=1S/C12H13ClN6/c1-6(19-16)10-9(11(14)18-12(15)17-10)7-2-4-8(13)5-3-7/h2-5H,16H2,1H3,(H4,14,15,17,18)/b19-6-. The summed E-state index contributed by atoms with van der Waals surface area (Å²) in [5, 5.41) is 4.26. The van der Waals surface area contributed by atoms with Crippen molar-refractivity contribution in [3.63, 3.8) is 0 Å². The Bertz CT molecular complexity index is 635. The van der Waals surface area contributed by atoms with E-state index in [2.05, 4.69) is 15.1 Å². The summed E-state index contributed by atoms with van der Waals surface area (Å²) in [7, 11) is 0. The van der Waals surface area contributed by atoms with Crippen LogP contribution in [0.25, 0.3) is 11.1 Å². The third-order valence-corrected chi connectivity index (χ3v) is 2.88. The number of nitrogen functional groups attached to an aromatic ring is 2. The first-order valence-corrected chi connectivity index (χ1v) is 5.84. The van der Waals surface area contributed by atoms with Crippen molar-refractivity contribution in [3.8, 4) is 11.1 Å². The molecule has 0 aliphatic rings. The molecule has 98 valence electrons. The number of rotatable bonds is 2. The minimum absolute atomic E-state index is 0.0770. The van der Waals surface area contributed by atoms with Gasteiger partial charge in [0.1, 0.15) is 11.5 Å². The fourth-order valence-corrected chi connectivity index (χ4v) is 1.85. The van der Waals surface area contributed by atoms with Crippen molar-refractivity contribution >= 4 is 29.1 Å². The molecule has 0 aliphatic carbocycles. The minimum atomic E-state index is 0.0770. The summed E-state index contributed by atoms with van der Waals surface area (Å²) in [4.78, 5) is 8.11. The Morgan fingerprint density at radius 1 is 1.16 bits per heavy atom. The van der Waals surface area contributed by atoms with E-state index < -0.39 is 0 Å². The second kappa shape index (κ2) is 5.11. The summed E-state index contributed by atoms with van der Waals surface area (Å²) >= 11 is 5.87. The van der Waals surface area contributed by atoms with E-state index in [1.165, 1.54) is 0 Å². The summed E-state index contributed by atoms with van der Waals surface area (Å²) in [5.74, 6) is 5.65. The molecular weight excluding hydrogens is 264 g/mol. The van der Waals surface area contributed by atoms with Gasteiger partial charge in [-0.15, -0.1) is 0 Å². The monoisotopic (exact) mass is 276 g/mol. The maximum Gasteiger partial charge on any atom is 0.222 e. The molecule has 0 bridgehead atoms. The quantitative estimate of drug-likeness (QED) is 0.438. The average molecular weight is 277 g/mol. The molecule has 1 aromatic carbocycles. The predicted octanol–water partition coefficient (Wildman–Crippen LogP) is 1.64. The lowest BCUT2D eigenvalue weighted by atomic mass is 10.0. The van der Waals surface area contributed by atoms with E-state index >= 15 is 0 Å². The molecule has 6 N–H and O–H groups in total. The number of nitrogens with two attached hydrogens (primary N) is 3. The molecule has 0 saturated heterocycles. The first-order chi connectivity index (χ1) is 9.02. The molecule has 0 atom stereocenters. The van der Waals surface area contributed by atoms with Gasteiger partial charge >= 0.3 is 0 Å². The van der Waals surface area contributed by atoms with E-state index in [0.717, 1.165) is 5.56 Å². The summed E-state index contributed by atoms with van der Waals surface area (Å²) in [6, 6.07) is 7.15. The number of aromatic nitrogens is 2. The van der Waals surface area contributed by atoms with E-state index in [9.17, 15) is 0 Å². The van der Waals surface area contributed by atoms with Crippen LogP contribution in [0.3, 0.4) is 0 Å². The van der Waals surface area contributed by atoms with Crippen LogP contribution in [0.1, 0.15) is 12.6 Å². The average Bonchev–Trinajstić information content (AvgIpc) is 2.38. The van der Waals surface area contributed by atoms with E-state index in [1.807, 2.05) is 12.1 Å². The normalized spacial score (nSPS) is 11.6. The first-order valence-electron chi connectivity index (χ1n) is 5.46. The van der Waals surface area contributed by atoms with E-state index in [4.69, 9.17) is 28.9 Å². The van der Waals surface area contributed by atoms with Crippen molar-refractivity contribution in [1.82, 2.24) is 9.97 Å². The molecule has 2 aromatic rings. The fraction of sp³-hybridized carbons (Fsp3) is 0.0833. The number of benzene rings is 1.